The summed E-state index contributed by atoms with van der Waals surface area (Å²) in [7, 11) is 1.87. The second-order valence-corrected chi connectivity index (χ2v) is 2.60. The van der Waals surface area contributed by atoms with Crippen LogP contribution in [0.2, 0.25) is 0 Å². The van der Waals surface area contributed by atoms with Gasteiger partial charge in [-0.25, -0.2) is 0 Å². The maximum atomic E-state index is 7.04. The van der Waals surface area contributed by atoms with E-state index >= 15 is 0 Å². The van der Waals surface area contributed by atoms with Crippen molar-refractivity contribution in [1.29, 1.82) is 5.41 Å². The van der Waals surface area contributed by atoms with Crippen LogP contribution in [-0.2, 0) is 13.5 Å². The number of aryl methyl sites for hydroxylation is 2. The van der Waals surface area contributed by atoms with Crippen LogP contribution in [-0.4, -0.2) is 15.6 Å². The summed E-state index contributed by atoms with van der Waals surface area (Å²) in [4.78, 5) is 0. The molecule has 0 atom stereocenters. The van der Waals surface area contributed by atoms with Gasteiger partial charge in [0.05, 0.1) is 11.5 Å². The highest BCUT2D eigenvalue weighted by Gasteiger charge is 2.01. The average molecular weight is 152 g/mol. The molecule has 0 aliphatic carbocycles. The van der Waals surface area contributed by atoms with Gasteiger partial charge >= 0.3 is 0 Å². The molecule has 11 heavy (non-hydrogen) atoms. The van der Waals surface area contributed by atoms with Crippen molar-refractivity contribution in [2.24, 2.45) is 12.8 Å². The first-order chi connectivity index (χ1) is 5.09. The molecule has 0 bridgehead atoms. The zero-order valence-corrected chi connectivity index (χ0v) is 6.76. The minimum absolute atomic E-state index is 0.156. The van der Waals surface area contributed by atoms with E-state index < -0.39 is 0 Å². The minimum atomic E-state index is 0.156. The summed E-state index contributed by atoms with van der Waals surface area (Å²) < 4.78 is 1.78. The molecule has 0 amide bonds. The fourth-order valence-corrected chi connectivity index (χ4v) is 0.916. The van der Waals surface area contributed by atoms with E-state index in [4.69, 9.17) is 11.1 Å². The number of nitrogens with zero attached hydrogens (tertiary/aromatic N) is 2. The van der Waals surface area contributed by atoms with Gasteiger partial charge in [0.2, 0.25) is 0 Å². The molecule has 0 unspecified atom stereocenters. The van der Waals surface area contributed by atoms with Crippen molar-refractivity contribution >= 4 is 5.84 Å². The van der Waals surface area contributed by atoms with Crippen molar-refractivity contribution in [2.75, 3.05) is 0 Å². The second kappa shape index (κ2) is 2.74. The van der Waals surface area contributed by atoms with Crippen LogP contribution < -0.4 is 5.73 Å². The molecule has 0 radical (unpaired) electrons. The molecule has 0 spiro atoms. The molecule has 3 N–H and O–H groups in total. The fraction of sp³-hybridized carbons (Fsp3) is 0.429. The van der Waals surface area contributed by atoms with E-state index in [1.165, 1.54) is 0 Å². The van der Waals surface area contributed by atoms with Crippen LogP contribution in [0.4, 0.5) is 0 Å². The molecule has 60 valence electrons. The van der Waals surface area contributed by atoms with Crippen LogP contribution in [0.25, 0.3) is 0 Å². The van der Waals surface area contributed by atoms with Crippen molar-refractivity contribution in [1.82, 2.24) is 9.78 Å². The predicted octanol–water partition coefficient (Wildman–Crippen LogP) is 0.207. The second-order valence-electron chi connectivity index (χ2n) is 2.60. The van der Waals surface area contributed by atoms with Crippen LogP contribution in [0.1, 0.15) is 11.4 Å². The van der Waals surface area contributed by atoms with Gasteiger partial charge < -0.3 is 5.73 Å². The Morgan fingerprint density at radius 2 is 2.45 bits per heavy atom. The normalized spacial score (nSPS) is 10.0. The average Bonchev–Trinajstić information content (AvgIpc) is 2.10. The Morgan fingerprint density at radius 1 is 1.82 bits per heavy atom. The van der Waals surface area contributed by atoms with Crippen molar-refractivity contribution in [3.63, 3.8) is 0 Å². The van der Waals surface area contributed by atoms with Crippen molar-refractivity contribution in [3.8, 4) is 0 Å². The molecule has 1 heterocycles. The maximum Gasteiger partial charge on any atom is 0.0966 e. The SMILES string of the molecule is Cc1cc(CC(=N)N)nn1C. The lowest BCUT2D eigenvalue weighted by molar-refractivity contribution is 0.728. The molecular formula is C7H12N4. The molecule has 0 aliphatic rings. The summed E-state index contributed by atoms with van der Waals surface area (Å²) in [6.07, 6.45) is 0.446. The van der Waals surface area contributed by atoms with Crippen LogP contribution in [0, 0.1) is 12.3 Å². The van der Waals surface area contributed by atoms with Crippen molar-refractivity contribution in [2.45, 2.75) is 13.3 Å². The molecule has 1 aromatic heterocycles. The number of rotatable bonds is 2. The van der Waals surface area contributed by atoms with Gasteiger partial charge in [0.25, 0.3) is 0 Å². The van der Waals surface area contributed by atoms with Gasteiger partial charge in [-0.05, 0) is 13.0 Å². The monoisotopic (exact) mass is 152 g/mol. The topological polar surface area (TPSA) is 67.7 Å². The lowest BCUT2D eigenvalue weighted by Gasteiger charge is -1.91. The Hall–Kier alpha value is -1.32. The summed E-state index contributed by atoms with van der Waals surface area (Å²) in [6, 6.07) is 1.93. The van der Waals surface area contributed by atoms with E-state index in [1.807, 2.05) is 20.0 Å². The number of hydrogen-bond donors (Lipinski definition) is 2. The van der Waals surface area contributed by atoms with Gasteiger partial charge in [-0.3, -0.25) is 10.1 Å². The summed E-state index contributed by atoms with van der Waals surface area (Å²) in [5, 5.41) is 11.2. The van der Waals surface area contributed by atoms with E-state index in [9.17, 15) is 0 Å². The van der Waals surface area contributed by atoms with E-state index in [0.29, 0.717) is 6.42 Å². The van der Waals surface area contributed by atoms with Gasteiger partial charge in [-0.1, -0.05) is 0 Å². The fourth-order valence-electron chi connectivity index (χ4n) is 0.916. The predicted molar refractivity (Wildman–Crippen MR) is 43.6 cm³/mol. The van der Waals surface area contributed by atoms with Crippen LogP contribution in [0.5, 0.6) is 0 Å². The Bertz CT molecular complexity index is 254. The molecule has 1 aromatic rings. The van der Waals surface area contributed by atoms with E-state index in [1.54, 1.807) is 4.68 Å². The Labute approximate surface area is 65.5 Å². The minimum Gasteiger partial charge on any atom is -0.387 e. The summed E-state index contributed by atoms with van der Waals surface area (Å²) in [5.74, 6) is 0.156. The van der Waals surface area contributed by atoms with Gasteiger partial charge in [-0.2, -0.15) is 5.10 Å². The zero-order chi connectivity index (χ0) is 8.43. The quantitative estimate of drug-likeness (QED) is 0.469. The van der Waals surface area contributed by atoms with E-state index in [0.717, 1.165) is 11.4 Å². The molecule has 0 saturated carbocycles. The number of hydrogen-bond acceptors (Lipinski definition) is 2. The van der Waals surface area contributed by atoms with Crippen molar-refractivity contribution < 1.29 is 0 Å². The maximum absolute atomic E-state index is 7.04. The summed E-state index contributed by atoms with van der Waals surface area (Å²) >= 11 is 0. The van der Waals surface area contributed by atoms with Crippen LogP contribution in [0.3, 0.4) is 0 Å². The largest absolute Gasteiger partial charge is 0.387 e. The summed E-state index contributed by atoms with van der Waals surface area (Å²) in [6.45, 7) is 1.97. The molecule has 0 saturated heterocycles. The third-order valence-corrected chi connectivity index (χ3v) is 1.54. The first-order valence-electron chi connectivity index (χ1n) is 3.42. The lowest BCUT2D eigenvalue weighted by atomic mass is 10.3. The molecule has 1 rings (SSSR count). The third-order valence-electron chi connectivity index (χ3n) is 1.54. The lowest BCUT2D eigenvalue weighted by Crippen LogP contribution is -2.13. The molecule has 4 nitrogen and oxygen atoms in total. The highest BCUT2D eigenvalue weighted by molar-refractivity contribution is 5.78. The van der Waals surface area contributed by atoms with Gasteiger partial charge in [-0.15, -0.1) is 0 Å². The molecule has 0 aliphatic heterocycles. The summed E-state index contributed by atoms with van der Waals surface area (Å²) in [5.41, 5.74) is 7.16. The van der Waals surface area contributed by atoms with E-state index in [2.05, 4.69) is 5.10 Å². The van der Waals surface area contributed by atoms with Gasteiger partial charge in [0.15, 0.2) is 0 Å². The number of aromatic nitrogens is 2. The molecular weight excluding hydrogens is 140 g/mol. The molecule has 0 aromatic carbocycles. The third kappa shape index (κ3) is 1.80. The van der Waals surface area contributed by atoms with Gasteiger partial charge in [0.1, 0.15) is 0 Å². The highest BCUT2D eigenvalue weighted by atomic mass is 15.3. The smallest absolute Gasteiger partial charge is 0.0966 e. The van der Waals surface area contributed by atoms with Crippen LogP contribution in [0.15, 0.2) is 6.07 Å². The van der Waals surface area contributed by atoms with Crippen molar-refractivity contribution in [3.05, 3.63) is 17.5 Å². The number of amidine groups is 1. The van der Waals surface area contributed by atoms with Crippen LogP contribution >= 0.6 is 0 Å². The number of nitrogens with two attached hydrogens (primary N) is 1. The molecule has 4 heteroatoms. The first kappa shape index (κ1) is 7.78. The highest BCUT2D eigenvalue weighted by Crippen LogP contribution is 2.00. The Kier molecular flexibility index (Phi) is 1.94. The number of nitrogens with one attached hydrogen (secondary N) is 1. The Balaban J connectivity index is 2.81. The standard InChI is InChI=1S/C7H12N4/c1-5-3-6(4-7(8)9)10-11(5)2/h3H,4H2,1-2H3,(H3,8,9). The van der Waals surface area contributed by atoms with E-state index in [-0.39, 0.29) is 5.84 Å². The zero-order valence-electron chi connectivity index (χ0n) is 6.76. The molecule has 0 fully saturated rings. The van der Waals surface area contributed by atoms with Gasteiger partial charge in [0, 0.05) is 19.2 Å². The first-order valence-corrected chi connectivity index (χ1v) is 3.42. The Morgan fingerprint density at radius 3 is 2.82 bits per heavy atom.